The Morgan fingerprint density at radius 2 is 0.935 bits per heavy atom. The molecular weight excluding hydrogens is 1460 g/mol. The molecule has 45 nitrogen and oxygen atoms in total. The summed E-state index contributed by atoms with van der Waals surface area (Å²) in [5, 5.41) is 253. The van der Waals surface area contributed by atoms with E-state index < -0.39 is 340 Å². The maximum absolute atomic E-state index is 13.1. The van der Waals surface area contributed by atoms with Crippen molar-refractivity contribution in [3.63, 3.8) is 0 Å². The van der Waals surface area contributed by atoms with Gasteiger partial charge < -0.3 is 204 Å². The van der Waals surface area contributed by atoms with Crippen LogP contribution in [-0.4, -0.2) is 428 Å². The van der Waals surface area contributed by atoms with Gasteiger partial charge in [-0.2, -0.15) is 0 Å². The zero-order chi connectivity index (χ0) is 78.7. The van der Waals surface area contributed by atoms with Crippen LogP contribution in [0.2, 0.25) is 0 Å². The fourth-order valence-corrected chi connectivity index (χ4v) is 15.1. The summed E-state index contributed by atoms with van der Waals surface area (Å²) >= 11 is 0. The molecule has 9 aliphatic rings. The highest BCUT2D eigenvalue weighted by Gasteiger charge is 2.67. The highest BCUT2D eigenvalue weighted by Crippen LogP contribution is 2.51. The van der Waals surface area contributed by atoms with Gasteiger partial charge >= 0.3 is 5.97 Å². The number of amides is 3. The molecule has 0 spiro atoms. The van der Waals surface area contributed by atoms with Crippen molar-refractivity contribution < 1.29 is 207 Å². The summed E-state index contributed by atoms with van der Waals surface area (Å²) < 4.78 is 95.8. The zero-order valence-corrected chi connectivity index (χ0v) is 58.5. The van der Waals surface area contributed by atoms with Crippen molar-refractivity contribution >= 4 is 24.2 Å². The number of aliphatic hydroxyl groups excluding tert-OH is 20. The van der Waals surface area contributed by atoms with Gasteiger partial charge in [0.1, 0.15) is 152 Å². The largest absolute Gasteiger partial charge is 0.410 e. The van der Waals surface area contributed by atoms with Gasteiger partial charge in [-0.15, -0.1) is 0 Å². The van der Waals surface area contributed by atoms with E-state index in [0.717, 1.165) is 20.8 Å². The molecular formula is C62H103N3O42. The van der Waals surface area contributed by atoms with Gasteiger partial charge in [-0.05, 0) is 13.3 Å². The summed E-state index contributed by atoms with van der Waals surface area (Å²) in [4.78, 5) is 50.3. The number of hydrogen-bond donors (Lipinski definition) is 25. The van der Waals surface area contributed by atoms with Crippen molar-refractivity contribution in [2.75, 3.05) is 52.9 Å². The molecule has 41 atom stereocenters. The third-order valence-electron chi connectivity index (χ3n) is 20.9. The second-order valence-corrected chi connectivity index (χ2v) is 28.2. The number of ether oxygens (including phenoxy) is 16. The fourth-order valence-electron chi connectivity index (χ4n) is 15.1. The molecule has 1 saturated carbocycles. The second-order valence-electron chi connectivity index (χ2n) is 28.2. The average molecular weight is 1560 g/mol. The van der Waals surface area contributed by atoms with Crippen LogP contribution in [0.25, 0.3) is 0 Å². The second kappa shape index (κ2) is 37.1. The van der Waals surface area contributed by atoms with Crippen molar-refractivity contribution in [2.24, 2.45) is 17.8 Å². The van der Waals surface area contributed by atoms with Crippen molar-refractivity contribution in [3.05, 3.63) is 0 Å². The highest BCUT2D eigenvalue weighted by atomic mass is 16.9. The van der Waals surface area contributed by atoms with Gasteiger partial charge in [0, 0.05) is 45.6 Å². The first-order valence-electron chi connectivity index (χ1n) is 34.9. The van der Waals surface area contributed by atoms with Crippen LogP contribution in [-0.2, 0) is 95.0 Å². The van der Waals surface area contributed by atoms with Crippen molar-refractivity contribution in [2.45, 2.75) is 292 Å². The number of carbonyl (C=O) groups excluding carboxylic acids is 4. The standard InChI is InChI=1S/C62H103N3O42/c1-18-24(77)8-62(93-17-73,106-48(18)38(80)25(78)10-67)107-52-33-26(9-61(33,90)91)95-58(46(52)88)102-50-31(15-72)99-57(36(44(50)86)65-22(5)76)105-54-45(87)40(82)28(12-69)97-60(54)104-53-41(83)32(16-92-55-23(6-7-66)37(79)39(81)27(11-68)96-55)100-59(47(53)89)103-51-30(14-71)98-56(35(43(51)85)64-21(4)75)101-49-29(13-70)94-19(2)34(42(49)84)63-20(3)74/h17-19,23-60,66-72,77-91H,6-16H2,1-5H3,(H,63,74)(H,64,75)(H,65,76)/t18-,19+,23?,24-,25-,26?,27?,28?,29?,30?,31?,32?,33+,34?,35?,36?,37-,38-,39-,40-,41-,42-,43-,44-,45?,46?,47?,48?,49-,50-,51-,52+,53+,54?,55+,56+,57+,58+,59+,60-,62+/m1/s1. The molecule has 25 N–H and O–H groups in total. The Kier molecular flexibility index (Phi) is 30.3. The van der Waals surface area contributed by atoms with Gasteiger partial charge in [0.2, 0.25) is 17.7 Å². The summed E-state index contributed by atoms with van der Waals surface area (Å²) in [5.74, 6) is -12.0. The lowest BCUT2D eigenvalue weighted by Crippen LogP contribution is -2.74. The molecule has 0 radical (unpaired) electrons. The molecule has 16 unspecified atom stereocenters. The number of carbonyl (C=O) groups is 4. The van der Waals surface area contributed by atoms with E-state index in [9.17, 15) is 132 Å². The van der Waals surface area contributed by atoms with Gasteiger partial charge in [-0.1, -0.05) is 6.92 Å². The summed E-state index contributed by atoms with van der Waals surface area (Å²) in [6, 6.07) is -4.93. The average Bonchev–Trinajstić information content (AvgIpc) is 0.719. The Labute approximate surface area is 609 Å². The van der Waals surface area contributed by atoms with E-state index in [4.69, 9.17) is 75.8 Å². The van der Waals surface area contributed by atoms with Crippen LogP contribution in [0.15, 0.2) is 0 Å². The van der Waals surface area contributed by atoms with Gasteiger partial charge in [-0.3, -0.25) is 19.2 Å². The van der Waals surface area contributed by atoms with E-state index >= 15 is 0 Å². The molecule has 0 aromatic carbocycles. The molecule has 0 bridgehead atoms. The monoisotopic (exact) mass is 1560 g/mol. The number of aliphatic hydroxyl groups is 22. The Morgan fingerprint density at radius 1 is 0.486 bits per heavy atom. The topological polar surface area (TPSA) is 697 Å². The minimum absolute atomic E-state index is 0.212. The maximum Gasteiger partial charge on any atom is 0.332 e. The van der Waals surface area contributed by atoms with Crippen molar-refractivity contribution in [1.29, 1.82) is 0 Å². The predicted octanol–water partition coefficient (Wildman–Crippen LogP) is -15.4. The van der Waals surface area contributed by atoms with Crippen LogP contribution in [0.5, 0.6) is 0 Å². The first kappa shape index (κ1) is 87.4. The summed E-state index contributed by atoms with van der Waals surface area (Å²) in [6.45, 7) is -1.92. The lowest BCUT2D eigenvalue weighted by atomic mass is 9.68. The van der Waals surface area contributed by atoms with Gasteiger partial charge in [-0.25, -0.2) is 0 Å². The van der Waals surface area contributed by atoms with Crippen LogP contribution >= 0.6 is 0 Å². The Balaban J connectivity index is 1.00. The molecule has 0 aromatic rings. The smallest absolute Gasteiger partial charge is 0.332 e. The molecule has 618 valence electrons. The molecule has 9 fully saturated rings. The summed E-state index contributed by atoms with van der Waals surface area (Å²) in [5.41, 5.74) is 0. The van der Waals surface area contributed by atoms with E-state index in [-0.39, 0.29) is 12.9 Å². The third kappa shape index (κ3) is 18.8. The zero-order valence-electron chi connectivity index (χ0n) is 58.5. The van der Waals surface area contributed by atoms with Gasteiger partial charge in [0.05, 0.1) is 95.1 Å². The van der Waals surface area contributed by atoms with Crippen molar-refractivity contribution in [3.8, 4) is 0 Å². The number of rotatable bonds is 30. The number of fused-ring (bicyclic) bond motifs is 1. The Bertz CT molecular complexity index is 2850. The quantitative estimate of drug-likeness (QED) is 0.0235. The molecule has 1 aliphatic carbocycles. The molecule has 8 saturated heterocycles. The lowest BCUT2D eigenvalue weighted by molar-refractivity contribution is -0.470. The molecule has 8 aliphatic heterocycles. The normalized spacial score (nSPS) is 47.8. The van der Waals surface area contributed by atoms with E-state index in [2.05, 4.69) is 16.0 Å². The molecule has 45 heteroatoms. The highest BCUT2D eigenvalue weighted by molar-refractivity contribution is 5.74. The van der Waals surface area contributed by atoms with Crippen LogP contribution in [0, 0.1) is 17.8 Å². The van der Waals surface area contributed by atoms with E-state index in [1.165, 1.54) is 13.8 Å². The number of hydrogen-bond acceptors (Lipinski definition) is 42. The third-order valence-corrected chi connectivity index (χ3v) is 20.9. The van der Waals surface area contributed by atoms with Crippen LogP contribution < -0.4 is 16.0 Å². The maximum atomic E-state index is 13.1. The molecule has 3 amide bonds. The first-order chi connectivity index (χ1) is 50.6. The minimum Gasteiger partial charge on any atom is -0.410 e. The number of nitrogens with one attached hydrogen (secondary N) is 3. The van der Waals surface area contributed by atoms with Crippen LogP contribution in [0.1, 0.15) is 53.9 Å². The van der Waals surface area contributed by atoms with Crippen LogP contribution in [0.4, 0.5) is 0 Å². The van der Waals surface area contributed by atoms with Crippen LogP contribution in [0.3, 0.4) is 0 Å². The van der Waals surface area contributed by atoms with E-state index in [1.54, 1.807) is 0 Å². The van der Waals surface area contributed by atoms with E-state index in [1.807, 2.05) is 0 Å². The summed E-state index contributed by atoms with van der Waals surface area (Å²) in [7, 11) is 0. The minimum atomic E-state index is -2.82. The van der Waals surface area contributed by atoms with Gasteiger partial charge in [0.15, 0.2) is 43.5 Å². The van der Waals surface area contributed by atoms with Gasteiger partial charge in [0.25, 0.3) is 6.47 Å². The molecule has 8 heterocycles. The Morgan fingerprint density at radius 3 is 1.44 bits per heavy atom. The summed E-state index contributed by atoms with van der Waals surface area (Å²) in [6.07, 6.45) is -67.3. The lowest BCUT2D eigenvalue weighted by Gasteiger charge is -2.58. The van der Waals surface area contributed by atoms with E-state index in [0.29, 0.717) is 0 Å². The molecule has 9 rings (SSSR count). The molecule has 107 heavy (non-hydrogen) atoms. The Hall–Kier alpha value is -3.60. The SMILES string of the molecule is CC(=O)NC1[C@H](O[C@@H]2C(CO)O[C@@H](C)C(NC(C)=O)[C@H]2O)OC(CO)[C@@H](O[C@@H]2OC(CO[C@H]3OC(CO)[C@@H](O)[C@H](O)C3CCO)[C@@H](O)[C@H](O[C@H]3OC(CO)[C@@H](O)C(O)C3O[C@@H]3OC(CO)[C@@H](O[C@@H]4OC5CC(O)(O)[C@@H]5[C@H](O[C@]5(OC=O)C[C@@H](O)[C@@H](C)C([C@H](O)[C@H](O)CO)O5)C4O)[C@H](O)C3NC(C)=O)C2O)[C@@H]1O. The van der Waals surface area contributed by atoms with Crippen molar-refractivity contribution in [1.82, 2.24) is 16.0 Å². The molecule has 0 aromatic heterocycles. The fraction of sp³-hybridized carbons (Fsp3) is 0.935. The predicted molar refractivity (Wildman–Crippen MR) is 334 cm³/mol. The first-order valence-corrected chi connectivity index (χ1v) is 34.9.